The van der Waals surface area contributed by atoms with Crippen LogP contribution in [0, 0.1) is 13.8 Å². The topological polar surface area (TPSA) is 52.8 Å². The van der Waals surface area contributed by atoms with E-state index in [1.807, 2.05) is 38.1 Å². The Morgan fingerprint density at radius 2 is 2.04 bits per heavy atom. The standard InChI is InChI=1S/C19H19ClN2O3/c1-13-3-4-14(2)17(9-13)24-8-7-19(23)25-12-16-11-22-10-15(20)5-6-18(22)21-16/h3-6,9-11H,7-8,12H2,1-2H3. The van der Waals surface area contributed by atoms with E-state index < -0.39 is 0 Å². The number of ether oxygens (including phenoxy) is 2. The number of fused-ring (bicyclic) bond motifs is 1. The number of hydrogen-bond acceptors (Lipinski definition) is 4. The number of carbonyl (C=O) groups excluding carboxylic acids is 1. The van der Waals surface area contributed by atoms with Gasteiger partial charge in [0.2, 0.25) is 0 Å². The number of aromatic nitrogens is 2. The van der Waals surface area contributed by atoms with Gasteiger partial charge in [0.25, 0.3) is 0 Å². The molecule has 3 aromatic rings. The number of aryl methyl sites for hydroxylation is 2. The van der Waals surface area contributed by atoms with Crippen LogP contribution in [0.4, 0.5) is 0 Å². The summed E-state index contributed by atoms with van der Waals surface area (Å²) in [4.78, 5) is 16.2. The van der Waals surface area contributed by atoms with E-state index >= 15 is 0 Å². The molecule has 0 saturated carbocycles. The van der Waals surface area contributed by atoms with Gasteiger partial charge < -0.3 is 13.9 Å². The number of halogens is 1. The lowest BCUT2D eigenvalue weighted by Gasteiger charge is -2.09. The molecule has 0 spiro atoms. The fraction of sp³-hybridized carbons (Fsp3) is 0.263. The maximum Gasteiger partial charge on any atom is 0.309 e. The van der Waals surface area contributed by atoms with Crippen LogP contribution in [0.1, 0.15) is 23.2 Å². The van der Waals surface area contributed by atoms with Crippen molar-refractivity contribution in [2.75, 3.05) is 6.61 Å². The van der Waals surface area contributed by atoms with Gasteiger partial charge in [-0.05, 0) is 43.2 Å². The van der Waals surface area contributed by atoms with Gasteiger partial charge in [0.15, 0.2) is 0 Å². The number of imidazole rings is 1. The van der Waals surface area contributed by atoms with Crippen LogP contribution in [-0.2, 0) is 16.1 Å². The first-order valence-electron chi connectivity index (χ1n) is 8.00. The predicted octanol–water partition coefficient (Wildman–Crippen LogP) is 4.12. The van der Waals surface area contributed by atoms with Crippen LogP contribution in [0.5, 0.6) is 5.75 Å². The molecule has 6 heteroatoms. The Labute approximate surface area is 151 Å². The van der Waals surface area contributed by atoms with Gasteiger partial charge in [0, 0.05) is 12.4 Å². The van der Waals surface area contributed by atoms with Crippen molar-refractivity contribution in [1.29, 1.82) is 0 Å². The maximum absolute atomic E-state index is 11.9. The van der Waals surface area contributed by atoms with E-state index in [0.717, 1.165) is 22.5 Å². The highest BCUT2D eigenvalue weighted by Gasteiger charge is 2.08. The molecule has 0 N–H and O–H groups in total. The minimum atomic E-state index is -0.319. The third kappa shape index (κ3) is 4.51. The van der Waals surface area contributed by atoms with Crippen LogP contribution in [0.25, 0.3) is 5.65 Å². The normalized spacial score (nSPS) is 10.8. The minimum absolute atomic E-state index is 0.127. The number of nitrogens with zero attached hydrogens (tertiary/aromatic N) is 2. The number of hydrogen-bond donors (Lipinski definition) is 0. The van der Waals surface area contributed by atoms with Gasteiger partial charge in [0.05, 0.1) is 23.7 Å². The Morgan fingerprint density at radius 3 is 2.88 bits per heavy atom. The van der Waals surface area contributed by atoms with Crippen LogP contribution < -0.4 is 4.74 Å². The number of rotatable bonds is 6. The van der Waals surface area contributed by atoms with E-state index in [0.29, 0.717) is 10.7 Å². The first-order valence-corrected chi connectivity index (χ1v) is 8.38. The maximum atomic E-state index is 11.9. The molecule has 2 aromatic heterocycles. The molecule has 0 unspecified atom stereocenters. The molecule has 0 bridgehead atoms. The molecule has 0 aliphatic rings. The molecule has 0 fully saturated rings. The molecule has 0 aliphatic heterocycles. The van der Waals surface area contributed by atoms with Gasteiger partial charge in [-0.25, -0.2) is 4.98 Å². The van der Waals surface area contributed by atoms with Crippen LogP contribution >= 0.6 is 11.6 Å². The average molecular weight is 359 g/mol. The number of carbonyl (C=O) groups is 1. The van der Waals surface area contributed by atoms with E-state index in [1.54, 1.807) is 22.9 Å². The highest BCUT2D eigenvalue weighted by molar-refractivity contribution is 6.30. The second kappa shape index (κ2) is 7.57. The quantitative estimate of drug-likeness (QED) is 0.622. The smallest absolute Gasteiger partial charge is 0.309 e. The van der Waals surface area contributed by atoms with Gasteiger partial charge >= 0.3 is 5.97 Å². The molecular weight excluding hydrogens is 340 g/mol. The molecule has 0 radical (unpaired) electrons. The zero-order valence-corrected chi connectivity index (χ0v) is 14.9. The second-order valence-electron chi connectivity index (χ2n) is 5.87. The molecule has 5 nitrogen and oxygen atoms in total. The van der Waals surface area contributed by atoms with Crippen molar-refractivity contribution in [2.45, 2.75) is 26.9 Å². The van der Waals surface area contributed by atoms with E-state index in [2.05, 4.69) is 4.98 Å². The van der Waals surface area contributed by atoms with Crippen LogP contribution in [0.3, 0.4) is 0 Å². The molecule has 0 atom stereocenters. The Bertz CT molecular complexity index is 905. The van der Waals surface area contributed by atoms with E-state index in [-0.39, 0.29) is 25.6 Å². The fourth-order valence-corrected chi connectivity index (χ4v) is 2.59. The molecule has 0 amide bonds. The lowest BCUT2D eigenvalue weighted by Crippen LogP contribution is -2.10. The van der Waals surface area contributed by atoms with Crippen molar-refractivity contribution >= 4 is 23.2 Å². The van der Waals surface area contributed by atoms with E-state index in [4.69, 9.17) is 21.1 Å². The van der Waals surface area contributed by atoms with Gasteiger partial charge in [-0.2, -0.15) is 0 Å². The third-order valence-corrected chi connectivity index (χ3v) is 3.98. The molecule has 0 saturated heterocycles. The SMILES string of the molecule is Cc1ccc(C)c(OCCC(=O)OCc2cn3cc(Cl)ccc3n2)c1. The average Bonchev–Trinajstić information content (AvgIpc) is 2.98. The predicted molar refractivity (Wildman–Crippen MR) is 96.0 cm³/mol. The van der Waals surface area contributed by atoms with Crippen molar-refractivity contribution in [2.24, 2.45) is 0 Å². The Morgan fingerprint density at radius 1 is 1.20 bits per heavy atom. The third-order valence-electron chi connectivity index (χ3n) is 3.75. The lowest BCUT2D eigenvalue weighted by atomic mass is 10.1. The summed E-state index contributed by atoms with van der Waals surface area (Å²) in [6.07, 6.45) is 3.74. The van der Waals surface area contributed by atoms with Gasteiger partial charge in [-0.3, -0.25) is 4.79 Å². The summed E-state index contributed by atoms with van der Waals surface area (Å²) >= 11 is 5.94. The summed E-state index contributed by atoms with van der Waals surface area (Å²) < 4.78 is 12.7. The molecule has 25 heavy (non-hydrogen) atoms. The van der Waals surface area contributed by atoms with Crippen molar-refractivity contribution in [3.05, 3.63) is 64.6 Å². The highest BCUT2D eigenvalue weighted by Crippen LogP contribution is 2.19. The number of esters is 1. The van der Waals surface area contributed by atoms with Crippen molar-refractivity contribution < 1.29 is 14.3 Å². The molecule has 3 rings (SSSR count). The Balaban J connectivity index is 1.48. The largest absolute Gasteiger partial charge is 0.493 e. The Kier molecular flexibility index (Phi) is 5.24. The second-order valence-corrected chi connectivity index (χ2v) is 6.31. The Hall–Kier alpha value is -2.53. The molecule has 130 valence electrons. The van der Waals surface area contributed by atoms with Crippen LogP contribution in [0.15, 0.2) is 42.7 Å². The molecule has 2 heterocycles. The van der Waals surface area contributed by atoms with Crippen molar-refractivity contribution in [3.8, 4) is 5.75 Å². The van der Waals surface area contributed by atoms with Crippen LogP contribution in [0.2, 0.25) is 5.02 Å². The summed E-state index contributed by atoms with van der Waals surface area (Å²) in [5.41, 5.74) is 3.59. The summed E-state index contributed by atoms with van der Waals surface area (Å²) in [7, 11) is 0. The van der Waals surface area contributed by atoms with Gasteiger partial charge in [-0.15, -0.1) is 0 Å². The summed E-state index contributed by atoms with van der Waals surface area (Å²) in [6, 6.07) is 9.57. The summed E-state index contributed by atoms with van der Waals surface area (Å²) in [6.45, 7) is 4.39. The summed E-state index contributed by atoms with van der Waals surface area (Å²) in [5, 5.41) is 0.622. The summed E-state index contributed by atoms with van der Waals surface area (Å²) in [5.74, 6) is 0.477. The first-order chi connectivity index (χ1) is 12.0. The highest BCUT2D eigenvalue weighted by atomic mass is 35.5. The molecule has 0 aliphatic carbocycles. The monoisotopic (exact) mass is 358 g/mol. The zero-order chi connectivity index (χ0) is 17.8. The number of benzene rings is 1. The zero-order valence-electron chi connectivity index (χ0n) is 14.2. The van der Waals surface area contributed by atoms with E-state index in [9.17, 15) is 4.79 Å². The minimum Gasteiger partial charge on any atom is -0.493 e. The van der Waals surface area contributed by atoms with Gasteiger partial charge in [0.1, 0.15) is 18.0 Å². The lowest BCUT2D eigenvalue weighted by molar-refractivity contribution is -0.145. The molecular formula is C19H19ClN2O3. The van der Waals surface area contributed by atoms with Crippen molar-refractivity contribution in [3.63, 3.8) is 0 Å². The van der Waals surface area contributed by atoms with Crippen molar-refractivity contribution in [1.82, 2.24) is 9.38 Å². The van der Waals surface area contributed by atoms with Gasteiger partial charge in [-0.1, -0.05) is 23.7 Å². The van der Waals surface area contributed by atoms with E-state index in [1.165, 1.54) is 0 Å². The fourth-order valence-electron chi connectivity index (χ4n) is 2.42. The molecule has 1 aromatic carbocycles. The van der Waals surface area contributed by atoms with Crippen LogP contribution in [-0.4, -0.2) is 22.0 Å². The number of pyridine rings is 1. The first kappa shape index (κ1) is 17.3.